The second kappa shape index (κ2) is 5.36. The van der Waals surface area contributed by atoms with Crippen LogP contribution in [0.5, 0.6) is 0 Å². The van der Waals surface area contributed by atoms with Crippen LogP contribution in [0, 0.1) is 0 Å². The van der Waals surface area contributed by atoms with Gasteiger partial charge in [0.05, 0.1) is 0 Å². The Morgan fingerprint density at radius 2 is 2.11 bits per heavy atom. The molecule has 0 aromatic carbocycles. The van der Waals surface area contributed by atoms with Gasteiger partial charge < -0.3 is 10.6 Å². The monoisotopic (exact) mass is 273 g/mol. The summed E-state index contributed by atoms with van der Waals surface area (Å²) in [5.74, 6) is 0.392. The van der Waals surface area contributed by atoms with Crippen LogP contribution in [0.4, 0.5) is 19.0 Å². The first-order valence-electron chi connectivity index (χ1n) is 6.48. The molecule has 0 fully saturated rings. The number of nitrogens with two attached hydrogens (primary N) is 1. The number of anilines is 1. The highest BCUT2D eigenvalue weighted by atomic mass is 19.4. The number of aromatic nitrogens is 1. The van der Waals surface area contributed by atoms with Crippen LogP contribution in [0.1, 0.15) is 30.2 Å². The van der Waals surface area contributed by atoms with Gasteiger partial charge in [-0.2, -0.15) is 13.2 Å². The van der Waals surface area contributed by atoms with Crippen molar-refractivity contribution >= 4 is 5.82 Å². The van der Waals surface area contributed by atoms with Crippen LogP contribution in [0.3, 0.4) is 0 Å². The standard InChI is InChI=1S/C13H18F3N3/c1-2-19(8-13(14,15)16)12-10(7-17)6-9-4-3-5-11(9)18-12/h6H,2-5,7-8,17H2,1H3. The number of hydrogen-bond donors (Lipinski definition) is 1. The average molecular weight is 273 g/mol. The Bertz CT molecular complexity index is 457. The van der Waals surface area contributed by atoms with Gasteiger partial charge >= 0.3 is 6.18 Å². The zero-order valence-corrected chi connectivity index (χ0v) is 10.9. The maximum absolute atomic E-state index is 12.6. The Balaban J connectivity index is 2.36. The molecular weight excluding hydrogens is 255 g/mol. The summed E-state index contributed by atoms with van der Waals surface area (Å²) < 4.78 is 37.8. The molecule has 1 aromatic heterocycles. The largest absolute Gasteiger partial charge is 0.405 e. The Kier molecular flexibility index (Phi) is 3.99. The van der Waals surface area contributed by atoms with Crippen molar-refractivity contribution in [2.24, 2.45) is 5.73 Å². The third kappa shape index (κ3) is 3.18. The Hall–Kier alpha value is -1.30. The van der Waals surface area contributed by atoms with Crippen molar-refractivity contribution in [3.8, 4) is 0 Å². The van der Waals surface area contributed by atoms with Gasteiger partial charge in [0, 0.05) is 24.3 Å². The second-order valence-corrected chi connectivity index (χ2v) is 4.76. The van der Waals surface area contributed by atoms with Gasteiger partial charge in [0.2, 0.25) is 0 Å². The summed E-state index contributed by atoms with van der Waals surface area (Å²) in [7, 11) is 0. The molecule has 0 unspecified atom stereocenters. The summed E-state index contributed by atoms with van der Waals surface area (Å²) in [4.78, 5) is 5.68. The van der Waals surface area contributed by atoms with Gasteiger partial charge in [-0.05, 0) is 37.8 Å². The number of alkyl halides is 3. The van der Waals surface area contributed by atoms with Crippen LogP contribution in [0.15, 0.2) is 6.07 Å². The molecule has 2 N–H and O–H groups in total. The lowest BCUT2D eigenvalue weighted by Crippen LogP contribution is -2.35. The first-order chi connectivity index (χ1) is 8.94. The van der Waals surface area contributed by atoms with Crippen LogP contribution < -0.4 is 10.6 Å². The number of halogens is 3. The number of hydrogen-bond acceptors (Lipinski definition) is 3. The minimum atomic E-state index is -4.23. The zero-order chi connectivity index (χ0) is 14.0. The van der Waals surface area contributed by atoms with Crippen LogP contribution in [-0.2, 0) is 19.4 Å². The third-order valence-corrected chi connectivity index (χ3v) is 3.38. The van der Waals surface area contributed by atoms with Crippen LogP contribution in [0.2, 0.25) is 0 Å². The van der Waals surface area contributed by atoms with E-state index in [4.69, 9.17) is 5.73 Å². The normalized spacial score (nSPS) is 14.6. The molecule has 6 heteroatoms. The number of aryl methyl sites for hydroxylation is 2. The fourth-order valence-corrected chi connectivity index (χ4v) is 2.49. The van der Waals surface area contributed by atoms with E-state index < -0.39 is 12.7 Å². The molecule has 0 atom stereocenters. The average Bonchev–Trinajstić information content (AvgIpc) is 2.80. The van der Waals surface area contributed by atoms with E-state index in [0.29, 0.717) is 11.4 Å². The van der Waals surface area contributed by atoms with Gasteiger partial charge in [-0.3, -0.25) is 0 Å². The van der Waals surface area contributed by atoms with Crippen LogP contribution in [0.25, 0.3) is 0 Å². The van der Waals surface area contributed by atoms with E-state index in [2.05, 4.69) is 4.98 Å². The van der Waals surface area contributed by atoms with Gasteiger partial charge in [0.15, 0.2) is 0 Å². The smallest absolute Gasteiger partial charge is 0.348 e. The molecule has 2 rings (SSSR count). The van der Waals surface area contributed by atoms with Gasteiger partial charge in [0.1, 0.15) is 12.4 Å². The predicted molar refractivity (Wildman–Crippen MR) is 68.1 cm³/mol. The molecule has 0 amide bonds. The summed E-state index contributed by atoms with van der Waals surface area (Å²) in [6.45, 7) is 1.19. The van der Waals surface area contributed by atoms with Crippen molar-refractivity contribution in [2.45, 2.75) is 38.9 Å². The topological polar surface area (TPSA) is 42.2 Å². The summed E-state index contributed by atoms with van der Waals surface area (Å²) >= 11 is 0. The maximum atomic E-state index is 12.6. The van der Waals surface area contributed by atoms with Crippen molar-refractivity contribution in [3.63, 3.8) is 0 Å². The Labute approximate surface area is 110 Å². The molecule has 106 valence electrons. The lowest BCUT2D eigenvalue weighted by atomic mass is 10.1. The summed E-state index contributed by atoms with van der Waals surface area (Å²) in [5.41, 5.74) is 8.41. The van der Waals surface area contributed by atoms with E-state index in [-0.39, 0.29) is 13.1 Å². The third-order valence-electron chi connectivity index (χ3n) is 3.38. The highest BCUT2D eigenvalue weighted by Gasteiger charge is 2.32. The molecule has 0 spiro atoms. The van der Waals surface area contributed by atoms with Crippen LogP contribution >= 0.6 is 0 Å². The molecule has 0 saturated carbocycles. The van der Waals surface area contributed by atoms with E-state index in [9.17, 15) is 13.2 Å². The quantitative estimate of drug-likeness (QED) is 0.916. The molecule has 1 aliphatic rings. The summed E-state index contributed by atoms with van der Waals surface area (Å²) in [6.07, 6.45) is -1.43. The molecule has 0 aliphatic heterocycles. The molecule has 3 nitrogen and oxygen atoms in total. The van der Waals surface area contributed by atoms with Crippen molar-refractivity contribution in [1.82, 2.24) is 4.98 Å². The molecule has 19 heavy (non-hydrogen) atoms. The fraction of sp³-hybridized carbons (Fsp3) is 0.615. The summed E-state index contributed by atoms with van der Waals surface area (Å²) in [6, 6.07) is 1.92. The number of pyridine rings is 1. The second-order valence-electron chi connectivity index (χ2n) is 4.76. The predicted octanol–water partition coefficient (Wildman–Crippen LogP) is 2.42. The van der Waals surface area contributed by atoms with Crippen molar-refractivity contribution in [1.29, 1.82) is 0 Å². The van der Waals surface area contributed by atoms with E-state index in [0.717, 1.165) is 30.5 Å². The molecule has 0 bridgehead atoms. The van der Waals surface area contributed by atoms with Gasteiger partial charge in [-0.15, -0.1) is 0 Å². The van der Waals surface area contributed by atoms with Gasteiger partial charge in [-0.25, -0.2) is 4.98 Å². The number of rotatable bonds is 4. The van der Waals surface area contributed by atoms with E-state index in [1.54, 1.807) is 6.92 Å². The molecule has 1 aliphatic carbocycles. The highest BCUT2D eigenvalue weighted by molar-refractivity contribution is 5.51. The van der Waals surface area contributed by atoms with E-state index in [1.165, 1.54) is 4.90 Å². The van der Waals surface area contributed by atoms with Crippen molar-refractivity contribution < 1.29 is 13.2 Å². The van der Waals surface area contributed by atoms with Gasteiger partial charge in [0.25, 0.3) is 0 Å². The first-order valence-corrected chi connectivity index (χ1v) is 6.48. The summed E-state index contributed by atoms with van der Waals surface area (Å²) in [5, 5.41) is 0. The zero-order valence-electron chi connectivity index (χ0n) is 10.9. The molecule has 0 saturated heterocycles. The minimum Gasteiger partial charge on any atom is -0.348 e. The van der Waals surface area contributed by atoms with E-state index in [1.807, 2.05) is 6.07 Å². The molecular formula is C13H18F3N3. The van der Waals surface area contributed by atoms with Crippen molar-refractivity contribution in [2.75, 3.05) is 18.0 Å². The highest BCUT2D eigenvalue weighted by Crippen LogP contribution is 2.29. The molecule has 1 aromatic rings. The number of nitrogens with zero attached hydrogens (tertiary/aromatic N) is 2. The maximum Gasteiger partial charge on any atom is 0.405 e. The van der Waals surface area contributed by atoms with Gasteiger partial charge in [-0.1, -0.05) is 0 Å². The van der Waals surface area contributed by atoms with E-state index >= 15 is 0 Å². The lowest BCUT2D eigenvalue weighted by Gasteiger charge is -2.26. The molecule has 1 heterocycles. The molecule has 0 radical (unpaired) electrons. The van der Waals surface area contributed by atoms with Crippen molar-refractivity contribution in [3.05, 3.63) is 22.9 Å². The first kappa shape index (κ1) is 14.1. The van der Waals surface area contributed by atoms with Crippen LogP contribution in [-0.4, -0.2) is 24.2 Å². The Morgan fingerprint density at radius 3 is 2.68 bits per heavy atom. The Morgan fingerprint density at radius 1 is 1.37 bits per heavy atom. The lowest BCUT2D eigenvalue weighted by molar-refractivity contribution is -0.119. The SMILES string of the molecule is CCN(CC(F)(F)F)c1nc2c(cc1CN)CCC2. The minimum absolute atomic E-state index is 0.212. The number of fused-ring (bicyclic) bond motifs is 1. The fourth-order valence-electron chi connectivity index (χ4n) is 2.49.